The summed E-state index contributed by atoms with van der Waals surface area (Å²) in [5.41, 5.74) is 0. The molecule has 0 fully saturated rings. The molecule has 0 saturated heterocycles. The molecule has 0 heterocycles. The molecule has 0 saturated carbocycles. The summed E-state index contributed by atoms with van der Waals surface area (Å²) in [6.45, 7) is 9.33. The van der Waals surface area contributed by atoms with E-state index in [0.717, 1.165) is 96.3 Å². The molecule has 5 atom stereocenters. The van der Waals surface area contributed by atoms with Crippen LogP contribution in [0, 0.1) is 11.8 Å². The smallest absolute Gasteiger partial charge is 0.462 e. The molecule has 17 nitrogen and oxygen atoms in total. The Labute approximate surface area is 511 Å². The molecule has 0 rings (SSSR count). The van der Waals surface area contributed by atoms with Gasteiger partial charge in [0, 0.05) is 25.7 Å². The van der Waals surface area contributed by atoms with Crippen molar-refractivity contribution in [2.24, 2.45) is 11.8 Å². The Kier molecular flexibility index (Phi) is 56.2. The van der Waals surface area contributed by atoms with Gasteiger partial charge < -0.3 is 33.8 Å². The summed E-state index contributed by atoms with van der Waals surface area (Å²) < 4.78 is 68.0. The molecular formula is C65H126O17P2. The van der Waals surface area contributed by atoms with Crippen LogP contribution in [0.4, 0.5) is 0 Å². The van der Waals surface area contributed by atoms with Crippen molar-refractivity contribution >= 4 is 39.5 Å². The number of carbonyl (C=O) groups is 4. The van der Waals surface area contributed by atoms with Crippen molar-refractivity contribution in [2.45, 2.75) is 342 Å². The van der Waals surface area contributed by atoms with Crippen molar-refractivity contribution in [3.05, 3.63) is 0 Å². The van der Waals surface area contributed by atoms with E-state index < -0.39 is 97.5 Å². The zero-order valence-corrected chi connectivity index (χ0v) is 56.0. The van der Waals surface area contributed by atoms with E-state index in [1.54, 1.807) is 0 Å². The highest BCUT2D eigenvalue weighted by Crippen LogP contribution is 2.45. The van der Waals surface area contributed by atoms with Crippen LogP contribution in [0.1, 0.15) is 324 Å². The minimum atomic E-state index is -4.95. The molecule has 0 aromatic carbocycles. The fraction of sp³-hybridized carbons (Fsp3) is 0.938. The van der Waals surface area contributed by atoms with Crippen molar-refractivity contribution < 1.29 is 80.2 Å². The lowest BCUT2D eigenvalue weighted by molar-refractivity contribution is -0.161. The second-order valence-corrected chi connectivity index (χ2v) is 27.4. The molecule has 0 aliphatic carbocycles. The van der Waals surface area contributed by atoms with Gasteiger partial charge >= 0.3 is 39.5 Å². The SMILES string of the molecule is CCCCCCCCCCCCCCCCC(=O)O[C@H](COC(=O)CCCCCCCCCCCCCC)COP(=O)(O)OC[C@@H](O)COP(=O)(O)OC[C@@H](COC(=O)CCCCCCCCC(C)C)OC(=O)CCCCCCCCC(C)C. The highest BCUT2D eigenvalue weighted by Gasteiger charge is 2.30. The van der Waals surface area contributed by atoms with Crippen LogP contribution in [-0.4, -0.2) is 96.7 Å². The van der Waals surface area contributed by atoms with E-state index in [2.05, 4.69) is 41.5 Å². The maximum Gasteiger partial charge on any atom is 0.472 e. The fourth-order valence-corrected chi connectivity index (χ4v) is 11.3. The highest BCUT2D eigenvalue weighted by molar-refractivity contribution is 7.47. The van der Waals surface area contributed by atoms with E-state index >= 15 is 0 Å². The van der Waals surface area contributed by atoms with E-state index in [9.17, 15) is 43.2 Å². The minimum absolute atomic E-state index is 0.101. The third kappa shape index (κ3) is 59.0. The van der Waals surface area contributed by atoms with Crippen LogP contribution >= 0.6 is 15.6 Å². The largest absolute Gasteiger partial charge is 0.472 e. The summed E-state index contributed by atoms with van der Waals surface area (Å²) in [6.07, 6.45) is 40.6. The predicted molar refractivity (Wildman–Crippen MR) is 335 cm³/mol. The van der Waals surface area contributed by atoms with Crippen LogP contribution in [-0.2, 0) is 65.4 Å². The number of aliphatic hydroxyl groups excluding tert-OH is 1. The highest BCUT2D eigenvalue weighted by atomic mass is 31.2. The second-order valence-electron chi connectivity index (χ2n) is 24.5. The summed E-state index contributed by atoms with van der Waals surface area (Å²) in [5.74, 6) is -0.787. The molecule has 0 bridgehead atoms. The number of phosphoric ester groups is 2. The van der Waals surface area contributed by atoms with Gasteiger partial charge in [0.1, 0.15) is 19.3 Å². The summed E-state index contributed by atoms with van der Waals surface area (Å²) >= 11 is 0. The minimum Gasteiger partial charge on any atom is -0.462 e. The molecule has 0 radical (unpaired) electrons. The first kappa shape index (κ1) is 82.1. The van der Waals surface area contributed by atoms with Gasteiger partial charge in [0.05, 0.1) is 26.4 Å². The number of unbranched alkanes of at least 4 members (excludes halogenated alkanes) is 34. The van der Waals surface area contributed by atoms with E-state index in [4.69, 9.17) is 37.0 Å². The van der Waals surface area contributed by atoms with Crippen molar-refractivity contribution in [3.8, 4) is 0 Å². The van der Waals surface area contributed by atoms with Crippen molar-refractivity contribution in [1.29, 1.82) is 0 Å². The third-order valence-electron chi connectivity index (χ3n) is 15.0. The zero-order chi connectivity index (χ0) is 62.2. The number of hydrogen-bond donors (Lipinski definition) is 3. The molecule has 0 aromatic rings. The number of phosphoric acid groups is 2. The molecule has 0 spiro atoms. The monoisotopic (exact) mass is 1240 g/mol. The van der Waals surface area contributed by atoms with Gasteiger partial charge in [0.2, 0.25) is 0 Å². The van der Waals surface area contributed by atoms with Crippen LogP contribution in [0.2, 0.25) is 0 Å². The maximum atomic E-state index is 13.0. The molecule has 0 amide bonds. The zero-order valence-electron chi connectivity index (χ0n) is 54.2. The Bertz CT molecular complexity index is 1650. The second kappa shape index (κ2) is 57.5. The summed E-state index contributed by atoms with van der Waals surface area (Å²) in [5, 5.41) is 10.5. The lowest BCUT2D eigenvalue weighted by Crippen LogP contribution is -2.30. The van der Waals surface area contributed by atoms with Crippen LogP contribution in [0.3, 0.4) is 0 Å². The first-order chi connectivity index (χ1) is 40.4. The normalized spacial score (nSPS) is 14.3. The number of aliphatic hydroxyl groups is 1. The molecule has 0 aliphatic rings. The lowest BCUT2D eigenvalue weighted by atomic mass is 10.0. The topological polar surface area (TPSA) is 237 Å². The number of carbonyl (C=O) groups excluding carboxylic acids is 4. The van der Waals surface area contributed by atoms with E-state index in [1.165, 1.54) is 135 Å². The van der Waals surface area contributed by atoms with Crippen LogP contribution in [0.15, 0.2) is 0 Å². The molecule has 0 aromatic heterocycles. The van der Waals surface area contributed by atoms with Gasteiger partial charge in [-0.25, -0.2) is 9.13 Å². The molecule has 84 heavy (non-hydrogen) atoms. The van der Waals surface area contributed by atoms with Gasteiger partial charge in [-0.05, 0) is 37.5 Å². The number of rotatable bonds is 64. The quantitative estimate of drug-likeness (QED) is 0.0222. The van der Waals surface area contributed by atoms with Crippen molar-refractivity contribution in [1.82, 2.24) is 0 Å². The van der Waals surface area contributed by atoms with Crippen molar-refractivity contribution in [2.75, 3.05) is 39.6 Å². The number of esters is 4. The molecule has 498 valence electrons. The maximum absolute atomic E-state index is 13.0. The summed E-state index contributed by atoms with van der Waals surface area (Å²) in [4.78, 5) is 72.2. The summed E-state index contributed by atoms with van der Waals surface area (Å²) in [7, 11) is -9.89. The van der Waals surface area contributed by atoms with Gasteiger partial charge in [-0.15, -0.1) is 0 Å². The van der Waals surface area contributed by atoms with Gasteiger partial charge in [-0.1, -0.05) is 273 Å². The van der Waals surface area contributed by atoms with E-state index in [0.29, 0.717) is 37.5 Å². The standard InChI is InChI=1S/C65H126O17P2/c1-7-9-11-13-15-17-19-21-22-24-26-28-37-43-49-64(69)81-60(53-75-62(67)47-41-35-27-25-23-20-18-16-14-12-10-8-2)55-79-83(71,72)77-51-59(66)52-78-84(73,74)80-56-61(82-65(70)50-44-38-32-30-34-40-46-58(5)6)54-76-63(68)48-42-36-31-29-33-39-45-57(3)4/h57-61,66H,7-56H2,1-6H3,(H,71,72)(H,73,74)/t59-,60-,61-/m1/s1. The Balaban J connectivity index is 5.23. The Morgan fingerprint density at radius 2 is 0.548 bits per heavy atom. The fourth-order valence-electron chi connectivity index (χ4n) is 9.71. The average Bonchev–Trinajstić information content (AvgIpc) is 3.64. The van der Waals surface area contributed by atoms with Gasteiger partial charge in [0.25, 0.3) is 0 Å². The summed E-state index contributed by atoms with van der Waals surface area (Å²) in [6, 6.07) is 0. The van der Waals surface area contributed by atoms with Crippen LogP contribution in [0.5, 0.6) is 0 Å². The Hall–Kier alpha value is -1.94. The van der Waals surface area contributed by atoms with Gasteiger partial charge in [-0.2, -0.15) is 0 Å². The molecule has 19 heteroatoms. The van der Waals surface area contributed by atoms with E-state index in [1.807, 2.05) is 0 Å². The van der Waals surface area contributed by atoms with Gasteiger partial charge in [-0.3, -0.25) is 37.3 Å². The third-order valence-corrected chi connectivity index (χ3v) is 16.9. The lowest BCUT2D eigenvalue weighted by Gasteiger charge is -2.21. The van der Waals surface area contributed by atoms with Crippen LogP contribution in [0.25, 0.3) is 0 Å². The molecular weight excluding hydrogens is 1110 g/mol. The van der Waals surface area contributed by atoms with Gasteiger partial charge in [0.15, 0.2) is 12.2 Å². The van der Waals surface area contributed by atoms with E-state index in [-0.39, 0.29) is 25.7 Å². The van der Waals surface area contributed by atoms with Crippen molar-refractivity contribution in [3.63, 3.8) is 0 Å². The molecule has 0 aliphatic heterocycles. The van der Waals surface area contributed by atoms with Crippen LogP contribution < -0.4 is 0 Å². The first-order valence-corrected chi connectivity index (χ1v) is 37.0. The first-order valence-electron chi connectivity index (χ1n) is 34.0. The number of hydrogen-bond acceptors (Lipinski definition) is 15. The molecule has 2 unspecified atom stereocenters. The number of ether oxygens (including phenoxy) is 4. The molecule has 3 N–H and O–H groups in total. The Morgan fingerprint density at radius 3 is 0.810 bits per heavy atom. The predicted octanol–water partition coefficient (Wildman–Crippen LogP) is 18.0. The Morgan fingerprint density at radius 1 is 0.321 bits per heavy atom. The average molecular weight is 1240 g/mol.